The minimum atomic E-state index is -0.613. The molecule has 1 aromatic carbocycles. The van der Waals surface area contributed by atoms with Crippen molar-refractivity contribution >= 4 is 41.5 Å². The highest BCUT2D eigenvalue weighted by atomic mass is 35.5. The molecule has 1 aliphatic rings. The third kappa shape index (κ3) is 4.31. The summed E-state index contributed by atoms with van der Waals surface area (Å²) in [6.07, 6.45) is 0.848. The lowest BCUT2D eigenvalue weighted by Gasteiger charge is -2.13. The van der Waals surface area contributed by atoms with E-state index in [0.29, 0.717) is 18.7 Å². The van der Waals surface area contributed by atoms with Crippen molar-refractivity contribution in [2.45, 2.75) is 25.0 Å². The van der Waals surface area contributed by atoms with Crippen molar-refractivity contribution in [1.29, 1.82) is 0 Å². The number of primary amides is 1. The lowest BCUT2D eigenvalue weighted by molar-refractivity contribution is -0.126. The molecule has 2 amide bonds. The van der Waals surface area contributed by atoms with E-state index in [0.717, 1.165) is 6.42 Å². The number of carbonyl (C=O) groups is 2. The van der Waals surface area contributed by atoms with Crippen LogP contribution in [0, 0.1) is 0 Å². The predicted molar refractivity (Wildman–Crippen MR) is 82.8 cm³/mol. The van der Waals surface area contributed by atoms with Crippen LogP contribution in [0.25, 0.3) is 0 Å². The molecule has 0 spiro atoms. The molecular weight excluding hydrogens is 317 g/mol. The van der Waals surface area contributed by atoms with E-state index in [1.54, 1.807) is 6.07 Å². The summed E-state index contributed by atoms with van der Waals surface area (Å²) in [5.74, 6) is -0.860. The van der Waals surface area contributed by atoms with Gasteiger partial charge < -0.3 is 21.5 Å². The number of benzene rings is 1. The zero-order valence-corrected chi connectivity index (χ0v) is 12.7. The maximum atomic E-state index is 12.0. The maximum Gasteiger partial charge on any atom is 0.253 e. The van der Waals surface area contributed by atoms with Crippen LogP contribution in [0.5, 0.6) is 0 Å². The number of carbonyl (C=O) groups excluding carboxylic acids is 2. The molecule has 0 radical (unpaired) electrons. The zero-order valence-electron chi connectivity index (χ0n) is 11.2. The number of nitrogens with one attached hydrogen (secondary N) is 1. The van der Waals surface area contributed by atoms with Gasteiger partial charge in [0.2, 0.25) is 5.91 Å². The number of amides is 2. The van der Waals surface area contributed by atoms with Gasteiger partial charge in [-0.15, -0.1) is 12.4 Å². The van der Waals surface area contributed by atoms with Gasteiger partial charge in [0, 0.05) is 12.2 Å². The Morgan fingerprint density at radius 1 is 1.38 bits per heavy atom. The fourth-order valence-electron chi connectivity index (χ4n) is 2.09. The van der Waals surface area contributed by atoms with Crippen LogP contribution in [0.15, 0.2) is 18.2 Å². The molecule has 1 aromatic rings. The SMILES string of the molecule is Cl.NC[C@H]1CC[C@@H](C(=O)Nc2ccc(C(N)=O)c(Cl)c2)O1. The standard InChI is InChI=1S/C13H16ClN3O3.ClH/c14-10-5-7(1-3-9(10)12(16)18)17-13(19)11-4-2-8(6-15)20-11;/h1,3,5,8,11H,2,4,6,15H2,(H2,16,18)(H,17,19);1H/t8-,11+;/m1./s1. The first-order chi connectivity index (χ1) is 9.51. The summed E-state index contributed by atoms with van der Waals surface area (Å²) in [5, 5.41) is 2.89. The van der Waals surface area contributed by atoms with E-state index in [-0.39, 0.29) is 35.0 Å². The van der Waals surface area contributed by atoms with Crippen LogP contribution in [0.1, 0.15) is 23.2 Å². The van der Waals surface area contributed by atoms with Crippen LogP contribution in [0.4, 0.5) is 5.69 Å². The van der Waals surface area contributed by atoms with Crippen molar-refractivity contribution in [3.63, 3.8) is 0 Å². The molecule has 1 fully saturated rings. The van der Waals surface area contributed by atoms with Crippen molar-refractivity contribution in [1.82, 2.24) is 0 Å². The van der Waals surface area contributed by atoms with Gasteiger partial charge >= 0.3 is 0 Å². The Morgan fingerprint density at radius 2 is 2.10 bits per heavy atom. The first-order valence-electron chi connectivity index (χ1n) is 6.27. The number of anilines is 1. The molecule has 1 saturated heterocycles. The van der Waals surface area contributed by atoms with Crippen LogP contribution in [0.2, 0.25) is 5.02 Å². The summed E-state index contributed by atoms with van der Waals surface area (Å²) in [6.45, 7) is 0.406. The number of rotatable bonds is 4. The molecule has 6 nitrogen and oxygen atoms in total. The Bertz CT molecular complexity index is 539. The number of halogens is 2. The van der Waals surface area contributed by atoms with Crippen molar-refractivity contribution in [3.8, 4) is 0 Å². The minimum Gasteiger partial charge on any atom is -0.366 e. The summed E-state index contributed by atoms with van der Waals surface area (Å²) in [4.78, 5) is 23.0. The van der Waals surface area contributed by atoms with Crippen molar-refractivity contribution < 1.29 is 14.3 Å². The van der Waals surface area contributed by atoms with Gasteiger partial charge in [0.15, 0.2) is 0 Å². The Hall–Kier alpha value is -1.34. The smallest absolute Gasteiger partial charge is 0.253 e. The van der Waals surface area contributed by atoms with Gasteiger partial charge in [-0.25, -0.2) is 0 Å². The summed E-state index contributed by atoms with van der Waals surface area (Å²) in [6, 6.07) is 4.52. The molecule has 1 aliphatic heterocycles. The zero-order chi connectivity index (χ0) is 14.7. The average Bonchev–Trinajstić information content (AvgIpc) is 2.87. The third-order valence-corrected chi connectivity index (χ3v) is 3.48. The van der Waals surface area contributed by atoms with Crippen molar-refractivity contribution in [2.75, 3.05) is 11.9 Å². The summed E-state index contributed by atoms with van der Waals surface area (Å²) < 4.78 is 5.49. The second-order valence-electron chi connectivity index (χ2n) is 4.61. The number of ether oxygens (including phenoxy) is 1. The Morgan fingerprint density at radius 3 is 2.62 bits per heavy atom. The molecule has 1 heterocycles. The molecule has 8 heteroatoms. The van der Waals surface area contributed by atoms with Gasteiger partial charge in [-0.3, -0.25) is 9.59 Å². The van der Waals surface area contributed by atoms with E-state index in [1.165, 1.54) is 12.1 Å². The van der Waals surface area contributed by atoms with Crippen molar-refractivity contribution in [2.24, 2.45) is 11.5 Å². The van der Waals surface area contributed by atoms with E-state index in [2.05, 4.69) is 5.32 Å². The highest BCUT2D eigenvalue weighted by Gasteiger charge is 2.29. The highest BCUT2D eigenvalue weighted by molar-refractivity contribution is 6.34. The summed E-state index contributed by atoms with van der Waals surface area (Å²) in [7, 11) is 0. The fourth-order valence-corrected chi connectivity index (χ4v) is 2.36. The molecule has 0 aromatic heterocycles. The molecule has 2 atom stereocenters. The monoisotopic (exact) mass is 333 g/mol. The minimum absolute atomic E-state index is 0. The molecule has 5 N–H and O–H groups in total. The molecule has 0 bridgehead atoms. The second kappa shape index (κ2) is 7.61. The fraction of sp³-hybridized carbons (Fsp3) is 0.385. The van der Waals surface area contributed by atoms with Crippen LogP contribution < -0.4 is 16.8 Å². The van der Waals surface area contributed by atoms with Gasteiger partial charge in [-0.05, 0) is 31.0 Å². The number of hydrogen-bond donors (Lipinski definition) is 3. The van der Waals surface area contributed by atoms with Gasteiger partial charge in [-0.1, -0.05) is 11.6 Å². The Kier molecular flexibility index (Phi) is 6.42. The van der Waals surface area contributed by atoms with E-state index < -0.39 is 12.0 Å². The first kappa shape index (κ1) is 17.7. The normalized spacial score (nSPS) is 20.7. The lowest BCUT2D eigenvalue weighted by Crippen LogP contribution is -2.29. The van der Waals surface area contributed by atoms with E-state index in [9.17, 15) is 9.59 Å². The van der Waals surface area contributed by atoms with Crippen LogP contribution in [0.3, 0.4) is 0 Å². The summed E-state index contributed by atoms with van der Waals surface area (Å²) in [5.41, 5.74) is 11.4. The topological polar surface area (TPSA) is 107 Å². The van der Waals surface area contributed by atoms with E-state index in [4.69, 9.17) is 27.8 Å². The molecule has 0 aliphatic carbocycles. The molecule has 0 unspecified atom stereocenters. The van der Waals surface area contributed by atoms with Crippen LogP contribution in [-0.4, -0.2) is 30.6 Å². The molecule has 116 valence electrons. The van der Waals surface area contributed by atoms with Gasteiger partial charge in [0.25, 0.3) is 5.91 Å². The lowest BCUT2D eigenvalue weighted by atomic mass is 10.1. The van der Waals surface area contributed by atoms with Gasteiger partial charge in [0.05, 0.1) is 16.7 Å². The van der Waals surface area contributed by atoms with E-state index in [1.807, 2.05) is 0 Å². The summed E-state index contributed by atoms with van der Waals surface area (Å²) >= 11 is 5.91. The van der Waals surface area contributed by atoms with Gasteiger partial charge in [-0.2, -0.15) is 0 Å². The number of hydrogen-bond acceptors (Lipinski definition) is 4. The van der Waals surface area contributed by atoms with E-state index >= 15 is 0 Å². The Balaban J connectivity index is 0.00000220. The molecule has 0 saturated carbocycles. The molecule has 2 rings (SSSR count). The largest absolute Gasteiger partial charge is 0.366 e. The highest BCUT2D eigenvalue weighted by Crippen LogP contribution is 2.23. The molecule has 21 heavy (non-hydrogen) atoms. The number of nitrogens with two attached hydrogens (primary N) is 2. The average molecular weight is 334 g/mol. The maximum absolute atomic E-state index is 12.0. The van der Waals surface area contributed by atoms with Crippen molar-refractivity contribution in [3.05, 3.63) is 28.8 Å². The van der Waals surface area contributed by atoms with Crippen LogP contribution in [-0.2, 0) is 9.53 Å². The third-order valence-electron chi connectivity index (χ3n) is 3.16. The van der Waals surface area contributed by atoms with Crippen LogP contribution >= 0.6 is 24.0 Å². The second-order valence-corrected chi connectivity index (χ2v) is 5.02. The molecular formula is C13H17Cl2N3O3. The predicted octanol–water partition coefficient (Wildman–Crippen LogP) is 1.31. The first-order valence-corrected chi connectivity index (χ1v) is 6.64. The Labute approximate surface area is 133 Å². The quantitative estimate of drug-likeness (QED) is 0.771. The van der Waals surface area contributed by atoms with Gasteiger partial charge in [0.1, 0.15) is 6.10 Å².